The number of carbonyl (C=O) groups is 2. The molecular formula is C22H23ClN2O5. The van der Waals surface area contributed by atoms with E-state index >= 15 is 0 Å². The maximum atomic E-state index is 13.3. The first kappa shape index (κ1) is 20.5. The molecule has 30 heavy (non-hydrogen) atoms. The first-order chi connectivity index (χ1) is 14.4. The first-order valence-corrected chi connectivity index (χ1v) is 10.1. The molecule has 0 spiro atoms. The lowest BCUT2D eigenvalue weighted by Crippen LogP contribution is -2.41. The number of benzene rings is 2. The Labute approximate surface area is 180 Å². The second kappa shape index (κ2) is 7.81. The van der Waals surface area contributed by atoms with Crippen LogP contribution in [0, 0.1) is 5.92 Å². The third-order valence-corrected chi connectivity index (χ3v) is 5.76. The Hall–Kier alpha value is -2.77. The predicted octanol–water partition coefficient (Wildman–Crippen LogP) is 3.61. The van der Waals surface area contributed by atoms with Gasteiger partial charge in [-0.15, -0.1) is 0 Å². The molecule has 0 unspecified atom stereocenters. The summed E-state index contributed by atoms with van der Waals surface area (Å²) in [5.41, 5.74) is 1.42. The lowest BCUT2D eigenvalue weighted by molar-refractivity contribution is -0.145. The Bertz CT molecular complexity index is 978. The van der Waals surface area contributed by atoms with Crippen LogP contribution in [-0.2, 0) is 14.4 Å². The topological polar surface area (TPSA) is 68.3 Å². The molecule has 0 saturated carbocycles. The van der Waals surface area contributed by atoms with Gasteiger partial charge in [0.15, 0.2) is 6.10 Å². The third-order valence-electron chi connectivity index (χ3n) is 5.51. The Balaban J connectivity index is 1.84. The second-order valence-electron chi connectivity index (χ2n) is 7.55. The van der Waals surface area contributed by atoms with E-state index in [2.05, 4.69) is 0 Å². The molecule has 2 aromatic carbocycles. The van der Waals surface area contributed by atoms with Gasteiger partial charge in [-0.2, -0.15) is 0 Å². The zero-order chi connectivity index (χ0) is 21.6. The Morgan fingerprint density at radius 1 is 1.00 bits per heavy atom. The van der Waals surface area contributed by atoms with Crippen molar-refractivity contribution in [1.29, 1.82) is 0 Å². The van der Waals surface area contributed by atoms with Gasteiger partial charge in [0.05, 0.1) is 25.9 Å². The number of likely N-dealkylation sites (tertiary alicyclic amines) is 1. The number of halogens is 1. The first-order valence-electron chi connectivity index (χ1n) is 9.67. The van der Waals surface area contributed by atoms with E-state index in [1.807, 2.05) is 19.9 Å². The number of fused-ring (bicyclic) bond motifs is 1. The van der Waals surface area contributed by atoms with Gasteiger partial charge in [-0.1, -0.05) is 11.6 Å². The van der Waals surface area contributed by atoms with Crippen LogP contribution in [0.1, 0.15) is 25.5 Å². The highest BCUT2D eigenvalue weighted by Crippen LogP contribution is 2.49. The fourth-order valence-electron chi connectivity index (χ4n) is 4.14. The van der Waals surface area contributed by atoms with Crippen molar-refractivity contribution in [3.8, 4) is 11.5 Å². The number of ether oxygens (including phenoxy) is 2. The van der Waals surface area contributed by atoms with Crippen molar-refractivity contribution in [1.82, 2.24) is 4.90 Å². The molecule has 0 aliphatic carbocycles. The highest BCUT2D eigenvalue weighted by Gasteiger charge is 2.60. The molecule has 2 amide bonds. The second-order valence-corrected chi connectivity index (χ2v) is 7.98. The summed E-state index contributed by atoms with van der Waals surface area (Å²) in [5, 5.41) is 2.19. The summed E-state index contributed by atoms with van der Waals surface area (Å²) in [6.45, 7) is 3.63. The molecule has 158 valence electrons. The molecule has 8 heteroatoms. The van der Waals surface area contributed by atoms with Gasteiger partial charge in [0.25, 0.3) is 5.91 Å². The van der Waals surface area contributed by atoms with Crippen LogP contribution in [0.25, 0.3) is 0 Å². The van der Waals surface area contributed by atoms with E-state index in [9.17, 15) is 9.59 Å². The Kier molecular flexibility index (Phi) is 5.34. The van der Waals surface area contributed by atoms with E-state index in [1.165, 1.54) is 4.90 Å². The van der Waals surface area contributed by atoms with Gasteiger partial charge in [-0.05, 0) is 50.2 Å². The smallest absolute Gasteiger partial charge is 0.262 e. The highest BCUT2D eigenvalue weighted by molar-refractivity contribution is 6.30. The number of carbonyl (C=O) groups excluding carboxylic acids is 2. The fourth-order valence-corrected chi connectivity index (χ4v) is 4.26. The van der Waals surface area contributed by atoms with Crippen molar-refractivity contribution < 1.29 is 23.9 Å². The number of anilines is 1. The molecule has 2 fully saturated rings. The third kappa shape index (κ3) is 3.18. The standard InChI is InChI=1S/C22H23ClN2O5/c1-12(2)24-21(26)18-19(16-10-9-15(28-3)11-17(16)29-4)25(30-20(18)22(24)27)14-7-5-13(23)6-8-14/h5-12,18-20H,1-4H3/t18-,19+,20+/m1/s1. The molecule has 3 atom stereocenters. The number of amides is 2. The van der Waals surface area contributed by atoms with E-state index in [0.29, 0.717) is 22.2 Å². The molecule has 0 aromatic heterocycles. The van der Waals surface area contributed by atoms with Gasteiger partial charge < -0.3 is 9.47 Å². The molecule has 0 N–H and O–H groups in total. The van der Waals surface area contributed by atoms with Crippen molar-refractivity contribution in [3.63, 3.8) is 0 Å². The zero-order valence-corrected chi connectivity index (χ0v) is 17.9. The molecule has 2 aliphatic heterocycles. The van der Waals surface area contributed by atoms with Crippen molar-refractivity contribution in [3.05, 3.63) is 53.1 Å². The van der Waals surface area contributed by atoms with Crippen LogP contribution in [0.15, 0.2) is 42.5 Å². The van der Waals surface area contributed by atoms with Crippen LogP contribution >= 0.6 is 11.6 Å². The Morgan fingerprint density at radius 3 is 2.30 bits per heavy atom. The molecule has 0 bridgehead atoms. The Morgan fingerprint density at radius 2 is 1.70 bits per heavy atom. The number of nitrogens with zero attached hydrogens (tertiary/aromatic N) is 2. The van der Waals surface area contributed by atoms with Crippen LogP contribution in [0.2, 0.25) is 5.02 Å². The molecule has 2 heterocycles. The summed E-state index contributed by atoms with van der Waals surface area (Å²) in [6, 6.07) is 11.6. The van der Waals surface area contributed by atoms with Crippen molar-refractivity contribution in [2.24, 2.45) is 5.92 Å². The number of hydrogen-bond donors (Lipinski definition) is 0. The van der Waals surface area contributed by atoms with Gasteiger partial charge in [0.1, 0.15) is 17.4 Å². The molecule has 2 aromatic rings. The summed E-state index contributed by atoms with van der Waals surface area (Å²) in [6.07, 6.45) is -0.896. The average molecular weight is 431 g/mol. The lowest BCUT2D eigenvalue weighted by Gasteiger charge is -2.30. The van der Waals surface area contributed by atoms with E-state index in [0.717, 1.165) is 5.56 Å². The van der Waals surface area contributed by atoms with Crippen LogP contribution < -0.4 is 14.5 Å². The molecule has 4 rings (SSSR count). The van der Waals surface area contributed by atoms with Crippen LogP contribution in [0.4, 0.5) is 5.69 Å². The molecular weight excluding hydrogens is 408 g/mol. The van der Waals surface area contributed by atoms with Gasteiger partial charge in [-0.3, -0.25) is 19.3 Å². The van der Waals surface area contributed by atoms with Crippen molar-refractivity contribution in [2.45, 2.75) is 32.0 Å². The number of methoxy groups -OCH3 is 2. The van der Waals surface area contributed by atoms with E-state index in [1.54, 1.807) is 55.7 Å². The van der Waals surface area contributed by atoms with E-state index in [4.69, 9.17) is 25.9 Å². The number of imide groups is 1. The normalized spacial score (nSPS) is 23.3. The van der Waals surface area contributed by atoms with Gasteiger partial charge in [-0.25, -0.2) is 5.06 Å². The summed E-state index contributed by atoms with van der Waals surface area (Å²) >= 11 is 6.04. The predicted molar refractivity (Wildman–Crippen MR) is 112 cm³/mol. The monoisotopic (exact) mass is 430 g/mol. The molecule has 2 aliphatic rings. The van der Waals surface area contributed by atoms with Gasteiger partial charge >= 0.3 is 0 Å². The molecule has 7 nitrogen and oxygen atoms in total. The minimum absolute atomic E-state index is 0.249. The van der Waals surface area contributed by atoms with Crippen molar-refractivity contribution in [2.75, 3.05) is 19.3 Å². The SMILES string of the molecule is COc1ccc([C@H]2[C@H]3C(=O)N(C(C)C)C(=O)[C@H]3ON2c2ccc(Cl)cc2)c(OC)c1. The fraction of sp³-hybridized carbons (Fsp3) is 0.364. The lowest BCUT2D eigenvalue weighted by atomic mass is 9.90. The van der Waals surface area contributed by atoms with Crippen molar-refractivity contribution >= 4 is 29.1 Å². The van der Waals surface area contributed by atoms with Crippen LogP contribution in [0.3, 0.4) is 0 Å². The van der Waals surface area contributed by atoms with Gasteiger partial charge in [0, 0.05) is 22.7 Å². The van der Waals surface area contributed by atoms with Crippen LogP contribution in [0.5, 0.6) is 11.5 Å². The summed E-state index contributed by atoms with van der Waals surface area (Å²) < 4.78 is 10.9. The summed E-state index contributed by atoms with van der Waals surface area (Å²) in [7, 11) is 3.13. The van der Waals surface area contributed by atoms with E-state index in [-0.39, 0.29) is 17.9 Å². The maximum Gasteiger partial charge on any atom is 0.262 e. The van der Waals surface area contributed by atoms with Crippen LogP contribution in [-0.4, -0.2) is 43.1 Å². The largest absolute Gasteiger partial charge is 0.497 e. The zero-order valence-electron chi connectivity index (χ0n) is 17.2. The maximum absolute atomic E-state index is 13.3. The average Bonchev–Trinajstić information content (AvgIpc) is 3.24. The minimum Gasteiger partial charge on any atom is -0.497 e. The minimum atomic E-state index is -0.896. The summed E-state index contributed by atoms with van der Waals surface area (Å²) in [5.74, 6) is -0.0984. The van der Waals surface area contributed by atoms with Gasteiger partial charge in [0.2, 0.25) is 5.91 Å². The molecule has 2 saturated heterocycles. The summed E-state index contributed by atoms with van der Waals surface area (Å²) in [4.78, 5) is 33.6. The molecule has 0 radical (unpaired) electrons. The quantitative estimate of drug-likeness (QED) is 0.675. The number of rotatable bonds is 5. The van der Waals surface area contributed by atoms with E-state index < -0.39 is 18.1 Å². The number of hydrogen-bond acceptors (Lipinski definition) is 6. The number of hydroxylamine groups is 1. The highest BCUT2D eigenvalue weighted by atomic mass is 35.5.